The van der Waals surface area contributed by atoms with Crippen LogP contribution in [0.25, 0.3) is 0 Å². The minimum absolute atomic E-state index is 0.0910. The third-order valence-corrected chi connectivity index (χ3v) is 12.9. The molecule has 0 aromatic carbocycles. The van der Waals surface area contributed by atoms with E-state index >= 15 is 0 Å². The number of esters is 3. The molecule has 0 aromatic heterocycles. The Bertz CT molecular complexity index is 1570. The minimum Gasteiger partial charge on any atom is -0.462 e. The lowest BCUT2D eigenvalue weighted by atomic mass is 10.1. The van der Waals surface area contributed by atoms with Gasteiger partial charge in [0.15, 0.2) is 6.10 Å². The summed E-state index contributed by atoms with van der Waals surface area (Å²) in [7, 11) is 0. The second-order valence-electron chi connectivity index (χ2n) is 20.2. The number of rotatable bonds is 55. The zero-order valence-electron chi connectivity index (χ0n) is 48.8. The Balaban J connectivity index is 4.26. The predicted octanol–water partition coefficient (Wildman–Crippen LogP) is 21.2. The fourth-order valence-electron chi connectivity index (χ4n) is 8.28. The average Bonchev–Trinajstić information content (AvgIpc) is 3.41. The Morgan fingerprint density at radius 3 is 0.880 bits per heavy atom. The Morgan fingerprint density at radius 2 is 0.547 bits per heavy atom. The first-order valence-electron chi connectivity index (χ1n) is 31.0. The average molecular weight is 1040 g/mol. The van der Waals surface area contributed by atoms with Crippen molar-refractivity contribution in [2.75, 3.05) is 13.2 Å². The molecule has 0 aliphatic heterocycles. The summed E-state index contributed by atoms with van der Waals surface area (Å²) in [6.07, 6.45) is 86.3. The van der Waals surface area contributed by atoms with Crippen LogP contribution in [-0.4, -0.2) is 37.2 Å². The van der Waals surface area contributed by atoms with Crippen molar-refractivity contribution in [3.63, 3.8) is 0 Å². The summed E-state index contributed by atoms with van der Waals surface area (Å²) in [5.41, 5.74) is 0. The van der Waals surface area contributed by atoms with Gasteiger partial charge in [0.05, 0.1) is 0 Å². The van der Waals surface area contributed by atoms with Crippen LogP contribution in [0.3, 0.4) is 0 Å². The lowest BCUT2D eigenvalue weighted by molar-refractivity contribution is -0.167. The number of ether oxygens (including phenoxy) is 3. The Morgan fingerprint density at radius 1 is 0.280 bits per heavy atom. The Labute approximate surface area is 462 Å². The summed E-state index contributed by atoms with van der Waals surface area (Å²) in [5, 5.41) is 0. The quantitative estimate of drug-likeness (QED) is 0.0261. The molecule has 0 aliphatic rings. The van der Waals surface area contributed by atoms with Gasteiger partial charge in [-0.15, -0.1) is 0 Å². The summed E-state index contributed by atoms with van der Waals surface area (Å²) < 4.78 is 16.9. The monoisotopic (exact) mass is 1040 g/mol. The number of carbonyl (C=O) groups excluding carboxylic acids is 3. The zero-order valence-corrected chi connectivity index (χ0v) is 48.8. The lowest BCUT2D eigenvalue weighted by Crippen LogP contribution is -2.30. The summed E-state index contributed by atoms with van der Waals surface area (Å²) in [6, 6.07) is 0. The second kappa shape index (κ2) is 62.4. The minimum atomic E-state index is -0.793. The maximum Gasteiger partial charge on any atom is 0.306 e. The van der Waals surface area contributed by atoms with Crippen LogP contribution >= 0.6 is 0 Å². The van der Waals surface area contributed by atoms with Crippen molar-refractivity contribution in [2.45, 2.75) is 284 Å². The molecular formula is C69H114O6. The molecule has 0 heterocycles. The highest BCUT2D eigenvalue weighted by molar-refractivity contribution is 5.71. The number of allylic oxidation sites excluding steroid dienone is 20. The molecule has 0 aromatic rings. The van der Waals surface area contributed by atoms with Crippen LogP contribution in [-0.2, 0) is 28.6 Å². The first kappa shape index (κ1) is 70.8. The molecule has 0 fully saturated rings. The second-order valence-corrected chi connectivity index (χ2v) is 20.2. The van der Waals surface area contributed by atoms with Crippen LogP contribution in [0.2, 0.25) is 0 Å². The van der Waals surface area contributed by atoms with E-state index in [1.807, 2.05) is 0 Å². The molecule has 6 nitrogen and oxygen atoms in total. The molecular weight excluding hydrogens is 925 g/mol. The Kier molecular flexibility index (Phi) is 58.9. The highest BCUT2D eigenvalue weighted by atomic mass is 16.6. The van der Waals surface area contributed by atoms with E-state index in [2.05, 4.69) is 142 Å². The van der Waals surface area contributed by atoms with Gasteiger partial charge in [0.25, 0.3) is 0 Å². The SMILES string of the molecule is CC/C=C\C/C=C\C/C=C\C/C=C\C/C=C\C/C=C\C/C=C\CCCCCCCCCCCC(=O)OCC(COC(=O)CCCCCCC/C=C\CCCCCC)OC(=O)CCCCCCC/C=C\C/C=C\CCC. The molecule has 0 saturated carbocycles. The van der Waals surface area contributed by atoms with E-state index < -0.39 is 6.10 Å². The Hall–Kier alpha value is -4.19. The van der Waals surface area contributed by atoms with Crippen LogP contribution in [0.5, 0.6) is 0 Å². The molecule has 0 amide bonds. The van der Waals surface area contributed by atoms with Crippen molar-refractivity contribution in [3.8, 4) is 0 Å². The van der Waals surface area contributed by atoms with Gasteiger partial charge in [-0.1, -0.05) is 251 Å². The standard InChI is InChI=1S/C69H114O6/c1-4-7-10-13-16-19-22-25-26-27-28-29-30-31-32-33-34-35-36-37-38-39-40-41-42-45-47-50-53-56-59-62-68(71)74-65-66(75-69(72)63-60-57-54-51-48-44-24-21-18-15-12-9-6-3)64-73-67(70)61-58-55-52-49-46-43-23-20-17-14-11-8-5-2/h7,10,12,15-16,19-21,23-26,28-29,31-32,34-35,37-38,66H,4-6,8-9,11,13-14,17-18,22,27,30,33,36,39-65H2,1-3H3/b10-7-,15-12-,19-16-,23-20-,24-21-,26-25-,29-28-,32-31-,35-34-,38-37-. The fourth-order valence-corrected chi connectivity index (χ4v) is 8.28. The number of hydrogen-bond acceptors (Lipinski definition) is 6. The van der Waals surface area contributed by atoms with Crippen molar-refractivity contribution in [1.82, 2.24) is 0 Å². The number of unbranched alkanes of at least 4 members (excludes halogenated alkanes) is 24. The molecule has 0 N–H and O–H groups in total. The molecule has 0 aliphatic carbocycles. The predicted molar refractivity (Wildman–Crippen MR) is 325 cm³/mol. The van der Waals surface area contributed by atoms with Gasteiger partial charge in [-0.3, -0.25) is 14.4 Å². The van der Waals surface area contributed by atoms with Crippen molar-refractivity contribution >= 4 is 17.9 Å². The first-order chi connectivity index (χ1) is 37.0. The molecule has 0 rings (SSSR count). The van der Waals surface area contributed by atoms with E-state index in [1.54, 1.807) is 0 Å². The lowest BCUT2D eigenvalue weighted by Gasteiger charge is -2.18. The van der Waals surface area contributed by atoms with Gasteiger partial charge >= 0.3 is 17.9 Å². The molecule has 0 saturated heterocycles. The molecule has 0 radical (unpaired) electrons. The van der Waals surface area contributed by atoms with Crippen molar-refractivity contribution in [2.24, 2.45) is 0 Å². The van der Waals surface area contributed by atoms with Crippen LogP contribution in [0.4, 0.5) is 0 Å². The molecule has 1 atom stereocenters. The van der Waals surface area contributed by atoms with E-state index in [-0.39, 0.29) is 31.1 Å². The summed E-state index contributed by atoms with van der Waals surface area (Å²) in [5.74, 6) is -0.919. The fraction of sp³-hybridized carbons (Fsp3) is 0.667. The maximum atomic E-state index is 12.8. The van der Waals surface area contributed by atoms with Crippen LogP contribution in [0.15, 0.2) is 122 Å². The molecule has 75 heavy (non-hydrogen) atoms. The number of hydrogen-bond donors (Lipinski definition) is 0. The number of carbonyl (C=O) groups is 3. The van der Waals surface area contributed by atoms with Gasteiger partial charge in [-0.25, -0.2) is 0 Å². The third-order valence-electron chi connectivity index (χ3n) is 12.9. The summed E-state index contributed by atoms with van der Waals surface area (Å²) >= 11 is 0. The highest BCUT2D eigenvalue weighted by Crippen LogP contribution is 2.15. The van der Waals surface area contributed by atoms with Gasteiger partial charge in [0, 0.05) is 19.3 Å². The van der Waals surface area contributed by atoms with Gasteiger partial charge in [-0.2, -0.15) is 0 Å². The van der Waals surface area contributed by atoms with Gasteiger partial charge < -0.3 is 14.2 Å². The van der Waals surface area contributed by atoms with Gasteiger partial charge in [-0.05, 0) is 128 Å². The summed E-state index contributed by atoms with van der Waals surface area (Å²) in [6.45, 7) is 6.42. The largest absolute Gasteiger partial charge is 0.462 e. The molecule has 0 spiro atoms. The normalized spacial score (nSPS) is 12.9. The highest BCUT2D eigenvalue weighted by Gasteiger charge is 2.19. The van der Waals surface area contributed by atoms with E-state index in [9.17, 15) is 14.4 Å². The van der Waals surface area contributed by atoms with Crippen LogP contribution in [0, 0.1) is 0 Å². The topological polar surface area (TPSA) is 78.9 Å². The van der Waals surface area contributed by atoms with Crippen molar-refractivity contribution < 1.29 is 28.6 Å². The van der Waals surface area contributed by atoms with Crippen molar-refractivity contribution in [1.29, 1.82) is 0 Å². The van der Waals surface area contributed by atoms with E-state index in [0.29, 0.717) is 19.3 Å². The van der Waals surface area contributed by atoms with Crippen LogP contribution < -0.4 is 0 Å². The smallest absolute Gasteiger partial charge is 0.306 e. The van der Waals surface area contributed by atoms with Crippen LogP contribution in [0.1, 0.15) is 278 Å². The molecule has 1 unspecified atom stereocenters. The summed E-state index contributed by atoms with van der Waals surface area (Å²) in [4.78, 5) is 38.2. The molecule has 6 heteroatoms. The maximum absolute atomic E-state index is 12.8. The van der Waals surface area contributed by atoms with Crippen molar-refractivity contribution in [3.05, 3.63) is 122 Å². The van der Waals surface area contributed by atoms with E-state index in [1.165, 1.54) is 89.9 Å². The van der Waals surface area contributed by atoms with Gasteiger partial charge in [0.1, 0.15) is 13.2 Å². The molecule has 426 valence electrons. The molecule has 0 bridgehead atoms. The third kappa shape index (κ3) is 60.6. The van der Waals surface area contributed by atoms with Gasteiger partial charge in [0.2, 0.25) is 0 Å². The van der Waals surface area contributed by atoms with E-state index in [4.69, 9.17) is 14.2 Å². The van der Waals surface area contributed by atoms with E-state index in [0.717, 1.165) is 148 Å². The first-order valence-corrected chi connectivity index (χ1v) is 31.0. The zero-order chi connectivity index (χ0) is 54.3.